The van der Waals surface area contributed by atoms with Crippen LogP contribution >= 0.6 is 23.2 Å². The second-order valence-corrected chi connectivity index (χ2v) is 6.40. The van der Waals surface area contributed by atoms with Gasteiger partial charge in [0.15, 0.2) is 0 Å². The van der Waals surface area contributed by atoms with Crippen LogP contribution in [-0.2, 0) is 22.7 Å². The summed E-state index contributed by atoms with van der Waals surface area (Å²) in [5.41, 5.74) is 1.39. The second kappa shape index (κ2) is 6.78. The van der Waals surface area contributed by atoms with Crippen LogP contribution < -0.4 is 5.32 Å². The van der Waals surface area contributed by atoms with E-state index in [1.54, 1.807) is 6.07 Å². The molecule has 1 aliphatic carbocycles. The molecule has 1 aromatic heterocycles. The van der Waals surface area contributed by atoms with Gasteiger partial charge in [0.05, 0.1) is 22.8 Å². The first-order chi connectivity index (χ1) is 11.5. The molecule has 0 bridgehead atoms. The van der Waals surface area contributed by atoms with Crippen molar-refractivity contribution in [2.75, 3.05) is 0 Å². The van der Waals surface area contributed by atoms with Gasteiger partial charge in [0, 0.05) is 5.92 Å². The average Bonchev–Trinajstić information content (AvgIpc) is 3.20. The second-order valence-electron chi connectivity index (χ2n) is 5.61. The average molecular weight is 369 g/mol. The molecule has 9 heteroatoms. The summed E-state index contributed by atoms with van der Waals surface area (Å²) in [6.07, 6.45) is 2.21. The van der Waals surface area contributed by atoms with Crippen molar-refractivity contribution in [3.05, 3.63) is 45.7 Å². The zero-order valence-corrected chi connectivity index (χ0v) is 14.0. The van der Waals surface area contributed by atoms with E-state index >= 15 is 0 Å². The topological polar surface area (TPSA) is 97.1 Å². The molecule has 0 saturated heterocycles. The van der Waals surface area contributed by atoms with E-state index in [0.717, 1.165) is 12.0 Å². The van der Waals surface area contributed by atoms with E-state index < -0.39 is 5.97 Å². The largest absolute Gasteiger partial charge is 0.480 e. The summed E-state index contributed by atoms with van der Waals surface area (Å²) in [6.45, 7) is -0.0656. The maximum absolute atomic E-state index is 12.2. The quantitative estimate of drug-likeness (QED) is 0.813. The third kappa shape index (κ3) is 3.68. The van der Waals surface area contributed by atoms with Gasteiger partial charge >= 0.3 is 5.97 Å². The molecule has 0 aliphatic heterocycles. The van der Waals surface area contributed by atoms with Gasteiger partial charge in [-0.2, -0.15) is 0 Å². The Hall–Kier alpha value is -2.12. The first-order valence-corrected chi connectivity index (χ1v) is 8.03. The molecule has 2 aromatic rings. The van der Waals surface area contributed by atoms with Gasteiger partial charge in [-0.25, -0.2) is 4.68 Å². The van der Waals surface area contributed by atoms with Gasteiger partial charge in [-0.05, 0) is 24.0 Å². The summed E-state index contributed by atoms with van der Waals surface area (Å²) < 4.78 is 1.20. The van der Waals surface area contributed by atoms with Crippen molar-refractivity contribution in [3.8, 4) is 0 Å². The Balaban J connectivity index is 1.54. The lowest BCUT2D eigenvalue weighted by Gasteiger charge is -2.05. The molecule has 0 spiro atoms. The summed E-state index contributed by atoms with van der Waals surface area (Å²) in [5, 5.41) is 19.9. The van der Waals surface area contributed by atoms with E-state index in [9.17, 15) is 9.59 Å². The third-order valence-electron chi connectivity index (χ3n) is 3.84. The van der Waals surface area contributed by atoms with Crippen LogP contribution in [-0.4, -0.2) is 32.0 Å². The number of aromatic nitrogens is 3. The lowest BCUT2D eigenvalue weighted by Crippen LogP contribution is -2.25. The minimum atomic E-state index is -1.00. The molecule has 2 atom stereocenters. The predicted octanol–water partition coefficient (Wildman–Crippen LogP) is 2.09. The van der Waals surface area contributed by atoms with E-state index in [0.29, 0.717) is 15.7 Å². The lowest BCUT2D eigenvalue weighted by atomic mass is 10.1. The molecular weight excluding hydrogens is 355 g/mol. The van der Waals surface area contributed by atoms with Gasteiger partial charge in [0.1, 0.15) is 12.2 Å². The molecule has 1 aliphatic rings. The number of carboxylic acids is 1. The summed E-state index contributed by atoms with van der Waals surface area (Å²) in [5.74, 6) is -1.17. The summed E-state index contributed by atoms with van der Waals surface area (Å²) in [7, 11) is 0. The van der Waals surface area contributed by atoms with Crippen LogP contribution in [0.25, 0.3) is 0 Å². The Bertz CT molecular complexity index is 793. The molecule has 2 unspecified atom stereocenters. The van der Waals surface area contributed by atoms with Crippen molar-refractivity contribution in [1.29, 1.82) is 0 Å². The third-order valence-corrected chi connectivity index (χ3v) is 4.67. The number of amides is 1. The standard InChI is InChI=1S/C15H14Cl2N4O3/c16-12-3-1-2-9(14(12)17)10-4-11(10)15(24)18-5-8-6-21(20-19-8)7-13(22)23/h1-3,6,10-11H,4-5,7H2,(H,18,24)(H,22,23). The van der Waals surface area contributed by atoms with Gasteiger partial charge in [0.25, 0.3) is 0 Å². The first-order valence-electron chi connectivity index (χ1n) is 7.28. The van der Waals surface area contributed by atoms with Crippen molar-refractivity contribution >= 4 is 35.1 Å². The van der Waals surface area contributed by atoms with Crippen molar-refractivity contribution in [2.24, 2.45) is 5.92 Å². The number of carboxylic acid groups (broad SMARTS) is 1. The Morgan fingerprint density at radius 2 is 2.17 bits per heavy atom. The number of carbonyl (C=O) groups excluding carboxylic acids is 1. The van der Waals surface area contributed by atoms with Gasteiger partial charge in [-0.15, -0.1) is 5.10 Å². The predicted molar refractivity (Wildman–Crippen MR) is 86.8 cm³/mol. The maximum Gasteiger partial charge on any atom is 0.325 e. The highest BCUT2D eigenvalue weighted by Gasteiger charge is 2.44. The van der Waals surface area contributed by atoms with E-state index in [1.807, 2.05) is 12.1 Å². The Kier molecular flexibility index (Phi) is 4.73. The van der Waals surface area contributed by atoms with Crippen LogP contribution in [0.2, 0.25) is 10.0 Å². The molecule has 1 saturated carbocycles. The smallest absolute Gasteiger partial charge is 0.325 e. The molecule has 1 heterocycles. The lowest BCUT2D eigenvalue weighted by molar-refractivity contribution is -0.138. The van der Waals surface area contributed by atoms with Crippen LogP contribution in [0.4, 0.5) is 0 Å². The Labute approximate surface area is 147 Å². The van der Waals surface area contributed by atoms with Crippen molar-refractivity contribution in [3.63, 3.8) is 0 Å². The number of nitrogens with one attached hydrogen (secondary N) is 1. The normalized spacial score (nSPS) is 19.1. The van der Waals surface area contributed by atoms with Gasteiger partial charge in [0.2, 0.25) is 5.91 Å². The summed E-state index contributed by atoms with van der Waals surface area (Å²) in [6, 6.07) is 5.41. The van der Waals surface area contributed by atoms with Gasteiger partial charge in [-0.3, -0.25) is 9.59 Å². The van der Waals surface area contributed by atoms with Crippen LogP contribution in [0.5, 0.6) is 0 Å². The van der Waals surface area contributed by atoms with E-state index in [-0.39, 0.29) is 30.8 Å². The van der Waals surface area contributed by atoms with Crippen LogP contribution in [0.15, 0.2) is 24.4 Å². The van der Waals surface area contributed by atoms with Crippen LogP contribution in [0.1, 0.15) is 23.6 Å². The highest BCUT2D eigenvalue weighted by Crippen LogP contribution is 2.50. The molecule has 7 nitrogen and oxygen atoms in total. The molecular formula is C15H14Cl2N4O3. The van der Waals surface area contributed by atoms with Crippen molar-refractivity contribution < 1.29 is 14.7 Å². The Morgan fingerprint density at radius 3 is 2.92 bits per heavy atom. The molecule has 0 radical (unpaired) electrons. The molecule has 2 N–H and O–H groups in total. The minimum absolute atomic E-state index is 0.0684. The fourth-order valence-electron chi connectivity index (χ4n) is 2.58. The highest BCUT2D eigenvalue weighted by atomic mass is 35.5. The van der Waals surface area contributed by atoms with E-state index in [2.05, 4.69) is 15.6 Å². The maximum atomic E-state index is 12.2. The van der Waals surface area contributed by atoms with Crippen LogP contribution in [0.3, 0.4) is 0 Å². The van der Waals surface area contributed by atoms with E-state index in [1.165, 1.54) is 10.9 Å². The molecule has 126 valence electrons. The zero-order chi connectivity index (χ0) is 17.3. The van der Waals surface area contributed by atoms with Gasteiger partial charge < -0.3 is 10.4 Å². The van der Waals surface area contributed by atoms with Crippen LogP contribution in [0, 0.1) is 5.92 Å². The fourth-order valence-corrected chi connectivity index (χ4v) is 3.03. The number of nitrogens with zero attached hydrogens (tertiary/aromatic N) is 3. The summed E-state index contributed by atoms with van der Waals surface area (Å²) in [4.78, 5) is 22.8. The van der Waals surface area contributed by atoms with Crippen molar-refractivity contribution in [1.82, 2.24) is 20.3 Å². The number of halogens is 2. The van der Waals surface area contributed by atoms with E-state index in [4.69, 9.17) is 28.3 Å². The number of hydrogen-bond acceptors (Lipinski definition) is 4. The SMILES string of the molecule is O=C(O)Cn1cc(CNC(=O)C2CC2c2cccc(Cl)c2Cl)nn1. The number of carbonyl (C=O) groups is 2. The zero-order valence-electron chi connectivity index (χ0n) is 12.4. The van der Waals surface area contributed by atoms with Gasteiger partial charge in [-0.1, -0.05) is 40.5 Å². The molecule has 1 amide bonds. The first kappa shape index (κ1) is 16.7. The van der Waals surface area contributed by atoms with Crippen molar-refractivity contribution in [2.45, 2.75) is 25.4 Å². The molecule has 24 heavy (non-hydrogen) atoms. The highest BCUT2D eigenvalue weighted by molar-refractivity contribution is 6.42. The molecule has 1 fully saturated rings. The molecule has 3 rings (SSSR count). The monoisotopic (exact) mass is 368 g/mol. The number of rotatable bonds is 6. The summed E-state index contributed by atoms with van der Waals surface area (Å²) >= 11 is 12.2. The number of hydrogen-bond donors (Lipinski definition) is 2. The molecule has 1 aromatic carbocycles. The Morgan fingerprint density at radius 1 is 1.38 bits per heavy atom. The minimum Gasteiger partial charge on any atom is -0.480 e. The fraction of sp³-hybridized carbons (Fsp3) is 0.333. The number of benzene rings is 1. The number of aliphatic carboxylic acids is 1.